The second-order valence-electron chi connectivity index (χ2n) is 8.27. The highest BCUT2D eigenvalue weighted by Gasteiger charge is 2.30. The van der Waals surface area contributed by atoms with Crippen LogP contribution in [0.15, 0.2) is 0 Å². The first-order chi connectivity index (χ1) is 14.1. The Hall–Kier alpha value is -1.62. The number of nitrogens with zero attached hydrogens (tertiary/aromatic N) is 4. The second-order valence-corrected chi connectivity index (χ2v) is 8.63. The Morgan fingerprint density at radius 3 is 2.97 bits per heavy atom. The molecule has 1 aromatic rings. The molecule has 3 atom stereocenters. The number of imidazole rings is 1. The average molecular weight is 422 g/mol. The van der Waals surface area contributed by atoms with Gasteiger partial charge >= 0.3 is 0 Å². The summed E-state index contributed by atoms with van der Waals surface area (Å²) in [6.07, 6.45) is 7.80. The maximum atomic E-state index is 12.4. The Labute approximate surface area is 178 Å². The summed E-state index contributed by atoms with van der Waals surface area (Å²) in [5.41, 5.74) is 0.709. The number of unbranched alkanes of at least 4 members (excludes halogenated alkanes) is 1. The number of carbonyl (C=O) groups is 1. The summed E-state index contributed by atoms with van der Waals surface area (Å²) < 4.78 is 2.11. The van der Waals surface area contributed by atoms with Crippen LogP contribution >= 0.6 is 11.6 Å². The first-order valence-electron chi connectivity index (χ1n) is 10.8. The predicted octanol–water partition coefficient (Wildman–Crippen LogP) is 2.64. The highest BCUT2D eigenvalue weighted by molar-refractivity contribution is 6.30. The summed E-state index contributed by atoms with van der Waals surface area (Å²) in [5, 5.41) is 22.7. The molecule has 2 heterocycles. The summed E-state index contributed by atoms with van der Waals surface area (Å²) >= 11 is 6.24. The van der Waals surface area contributed by atoms with E-state index < -0.39 is 0 Å². The third kappa shape index (κ3) is 5.30. The number of nitriles is 1. The van der Waals surface area contributed by atoms with E-state index in [4.69, 9.17) is 16.9 Å². The maximum absolute atomic E-state index is 12.4. The van der Waals surface area contributed by atoms with Gasteiger partial charge in [0.15, 0.2) is 5.15 Å². The molecule has 1 aromatic heterocycles. The van der Waals surface area contributed by atoms with Crippen LogP contribution in [0.1, 0.15) is 63.4 Å². The standard InChI is InChI=1S/C21H32ClN5O2/c1-2-3-6-19-25-21(22)18(14-28)27(19)13-15-7-8-16(10-15)24-12-20(29)26-9-4-5-17(26)11-23/h15-17,24,28H,2-10,12-14H2,1H3/t15-,16-,17+/m1/s1. The highest BCUT2D eigenvalue weighted by Crippen LogP contribution is 2.30. The molecule has 1 amide bonds. The minimum atomic E-state index is -0.259. The maximum Gasteiger partial charge on any atom is 0.237 e. The average Bonchev–Trinajstić information content (AvgIpc) is 3.43. The fraction of sp³-hybridized carbons (Fsp3) is 0.762. The van der Waals surface area contributed by atoms with Gasteiger partial charge in [0.05, 0.1) is 24.9 Å². The molecule has 3 rings (SSSR count). The topological polar surface area (TPSA) is 94.2 Å². The number of carbonyl (C=O) groups excluding carboxylic acids is 1. The first-order valence-corrected chi connectivity index (χ1v) is 11.2. The van der Waals surface area contributed by atoms with Gasteiger partial charge in [-0.3, -0.25) is 4.79 Å². The molecule has 1 saturated carbocycles. The normalized spacial score (nSPS) is 24.2. The van der Waals surface area contributed by atoms with Crippen LogP contribution in [0.3, 0.4) is 0 Å². The van der Waals surface area contributed by atoms with Crippen molar-refractivity contribution in [1.82, 2.24) is 19.8 Å². The van der Waals surface area contributed by atoms with Gasteiger partial charge < -0.3 is 19.9 Å². The fourth-order valence-corrected chi connectivity index (χ4v) is 4.87. The number of aliphatic hydroxyl groups excluding tert-OH is 1. The van der Waals surface area contributed by atoms with E-state index in [-0.39, 0.29) is 18.6 Å². The van der Waals surface area contributed by atoms with Crippen molar-refractivity contribution in [2.45, 2.75) is 83.5 Å². The van der Waals surface area contributed by atoms with Crippen LogP contribution in [0.4, 0.5) is 0 Å². The number of amides is 1. The second kappa shape index (κ2) is 10.4. The van der Waals surface area contributed by atoms with E-state index in [1.165, 1.54) is 0 Å². The number of aromatic nitrogens is 2. The molecule has 0 aromatic carbocycles. The lowest BCUT2D eigenvalue weighted by atomic mass is 10.1. The molecule has 1 aliphatic carbocycles. The van der Waals surface area contributed by atoms with Crippen molar-refractivity contribution in [3.8, 4) is 6.07 Å². The Kier molecular flexibility index (Phi) is 7.93. The van der Waals surface area contributed by atoms with E-state index in [0.717, 1.165) is 63.7 Å². The minimum Gasteiger partial charge on any atom is -0.390 e. The molecule has 7 nitrogen and oxygen atoms in total. The molecule has 0 spiro atoms. The number of rotatable bonds is 9. The Bertz CT molecular complexity index is 744. The van der Waals surface area contributed by atoms with Crippen molar-refractivity contribution in [3.05, 3.63) is 16.7 Å². The monoisotopic (exact) mass is 421 g/mol. The molecular weight excluding hydrogens is 390 g/mol. The van der Waals surface area contributed by atoms with Crippen LogP contribution in [-0.4, -0.2) is 50.6 Å². The smallest absolute Gasteiger partial charge is 0.237 e. The van der Waals surface area contributed by atoms with Gasteiger partial charge in [-0.05, 0) is 44.4 Å². The zero-order valence-electron chi connectivity index (χ0n) is 17.2. The Morgan fingerprint density at radius 1 is 1.41 bits per heavy atom. The molecular formula is C21H32ClN5O2. The van der Waals surface area contributed by atoms with Crippen LogP contribution in [-0.2, 0) is 24.4 Å². The molecule has 0 radical (unpaired) electrons. The van der Waals surface area contributed by atoms with E-state index in [0.29, 0.717) is 35.9 Å². The minimum absolute atomic E-state index is 0.0308. The van der Waals surface area contributed by atoms with E-state index in [1.807, 2.05) is 0 Å². The van der Waals surface area contributed by atoms with Gasteiger partial charge in [-0.25, -0.2) is 4.98 Å². The van der Waals surface area contributed by atoms with Crippen molar-refractivity contribution < 1.29 is 9.90 Å². The Morgan fingerprint density at radius 2 is 2.24 bits per heavy atom. The number of halogens is 1. The number of likely N-dealkylation sites (tertiary alicyclic amines) is 1. The summed E-state index contributed by atoms with van der Waals surface area (Å²) in [4.78, 5) is 18.6. The van der Waals surface area contributed by atoms with Gasteiger partial charge in [-0.15, -0.1) is 0 Å². The molecule has 2 aliphatic rings. The van der Waals surface area contributed by atoms with Crippen molar-refractivity contribution in [3.63, 3.8) is 0 Å². The quantitative estimate of drug-likeness (QED) is 0.639. The molecule has 0 unspecified atom stereocenters. The van der Waals surface area contributed by atoms with Crippen molar-refractivity contribution >= 4 is 17.5 Å². The summed E-state index contributed by atoms with van der Waals surface area (Å²) in [5.74, 6) is 1.46. The molecule has 8 heteroatoms. The number of aryl methyl sites for hydroxylation is 1. The van der Waals surface area contributed by atoms with E-state index in [9.17, 15) is 9.90 Å². The zero-order valence-corrected chi connectivity index (χ0v) is 18.0. The molecule has 2 fully saturated rings. The molecule has 1 saturated heterocycles. The SMILES string of the molecule is CCCCc1nc(Cl)c(CO)n1C[C@@H]1CC[C@@H](NCC(=O)N2CCC[C@H]2C#N)C1. The van der Waals surface area contributed by atoms with Crippen molar-refractivity contribution in [2.24, 2.45) is 5.92 Å². The molecule has 0 bridgehead atoms. The summed E-state index contributed by atoms with van der Waals surface area (Å²) in [6.45, 7) is 3.85. The van der Waals surface area contributed by atoms with Gasteiger partial charge in [0.1, 0.15) is 11.9 Å². The largest absolute Gasteiger partial charge is 0.390 e. The number of hydrogen-bond donors (Lipinski definition) is 2. The van der Waals surface area contributed by atoms with Crippen LogP contribution in [0.5, 0.6) is 0 Å². The number of aliphatic hydroxyl groups is 1. The van der Waals surface area contributed by atoms with Gasteiger partial charge in [0, 0.05) is 25.6 Å². The van der Waals surface area contributed by atoms with Crippen LogP contribution < -0.4 is 5.32 Å². The molecule has 29 heavy (non-hydrogen) atoms. The zero-order chi connectivity index (χ0) is 20.8. The Balaban J connectivity index is 1.52. The van der Waals surface area contributed by atoms with Gasteiger partial charge in [0.2, 0.25) is 5.91 Å². The third-order valence-corrected chi connectivity index (χ3v) is 6.56. The van der Waals surface area contributed by atoms with Crippen LogP contribution in [0, 0.1) is 17.2 Å². The first kappa shape index (κ1) is 22.1. The van der Waals surface area contributed by atoms with E-state index >= 15 is 0 Å². The fourth-order valence-electron chi connectivity index (χ4n) is 4.61. The lowest BCUT2D eigenvalue weighted by molar-refractivity contribution is -0.130. The summed E-state index contributed by atoms with van der Waals surface area (Å²) in [6, 6.07) is 2.28. The molecule has 2 N–H and O–H groups in total. The van der Waals surface area contributed by atoms with Gasteiger partial charge in [0.25, 0.3) is 0 Å². The predicted molar refractivity (Wildman–Crippen MR) is 111 cm³/mol. The molecule has 1 aliphatic heterocycles. The van der Waals surface area contributed by atoms with Crippen molar-refractivity contribution in [2.75, 3.05) is 13.1 Å². The highest BCUT2D eigenvalue weighted by atomic mass is 35.5. The van der Waals surface area contributed by atoms with Crippen LogP contribution in [0.2, 0.25) is 5.15 Å². The molecule has 160 valence electrons. The van der Waals surface area contributed by atoms with E-state index in [1.54, 1.807) is 4.90 Å². The lowest BCUT2D eigenvalue weighted by Crippen LogP contribution is -2.42. The number of nitrogens with one attached hydrogen (secondary N) is 1. The number of hydrogen-bond acceptors (Lipinski definition) is 5. The van der Waals surface area contributed by atoms with E-state index in [2.05, 4.69) is 27.9 Å². The van der Waals surface area contributed by atoms with Crippen molar-refractivity contribution in [1.29, 1.82) is 5.26 Å². The van der Waals surface area contributed by atoms with Gasteiger partial charge in [-0.1, -0.05) is 24.9 Å². The summed E-state index contributed by atoms with van der Waals surface area (Å²) in [7, 11) is 0. The lowest BCUT2D eigenvalue weighted by Gasteiger charge is -2.21. The van der Waals surface area contributed by atoms with Gasteiger partial charge in [-0.2, -0.15) is 5.26 Å². The van der Waals surface area contributed by atoms with Crippen LogP contribution in [0.25, 0.3) is 0 Å². The third-order valence-electron chi connectivity index (χ3n) is 6.25.